The van der Waals surface area contributed by atoms with Gasteiger partial charge in [-0.2, -0.15) is 0 Å². The molecule has 0 aliphatic carbocycles. The summed E-state index contributed by atoms with van der Waals surface area (Å²) in [4.78, 5) is 7.26. The Kier molecular flexibility index (Phi) is 6.46. The Morgan fingerprint density at radius 1 is 1.27 bits per heavy atom. The highest BCUT2D eigenvalue weighted by Crippen LogP contribution is 2.28. The number of fused-ring (bicyclic) bond motifs is 1. The molecule has 0 saturated heterocycles. The molecule has 0 bridgehead atoms. The summed E-state index contributed by atoms with van der Waals surface area (Å²) in [6, 6.07) is 8.74. The Bertz CT molecular complexity index is 737. The van der Waals surface area contributed by atoms with Crippen molar-refractivity contribution in [1.29, 1.82) is 0 Å². The first-order chi connectivity index (χ1) is 12.1. The van der Waals surface area contributed by atoms with Gasteiger partial charge < -0.3 is 4.90 Å². The molecule has 2 atom stereocenters. The first-order valence-electron chi connectivity index (χ1n) is 9.54. The third-order valence-corrected chi connectivity index (χ3v) is 8.01. The number of hydrogen-bond donors (Lipinski definition) is 0. The molecule has 26 heavy (non-hydrogen) atoms. The van der Waals surface area contributed by atoms with Gasteiger partial charge in [-0.3, -0.25) is 4.99 Å². The molecule has 1 aromatic carbocycles. The van der Waals surface area contributed by atoms with Crippen molar-refractivity contribution in [3.05, 3.63) is 71.7 Å². The van der Waals surface area contributed by atoms with Gasteiger partial charge in [-0.25, -0.2) is 0 Å². The minimum absolute atomic E-state index is 0.200. The van der Waals surface area contributed by atoms with Crippen LogP contribution in [0.5, 0.6) is 0 Å². The van der Waals surface area contributed by atoms with Gasteiger partial charge in [-0.05, 0) is 43.5 Å². The Labute approximate surface area is 161 Å². The monoisotopic (exact) mass is 366 g/mol. The highest BCUT2D eigenvalue weighted by molar-refractivity contribution is 6.82. The predicted octanol–water partition coefficient (Wildman–Crippen LogP) is 5.84. The van der Waals surface area contributed by atoms with Crippen molar-refractivity contribution < 1.29 is 0 Å². The normalized spacial score (nSPS) is 23.8. The summed E-state index contributed by atoms with van der Waals surface area (Å²) in [6.07, 6.45) is 6.36. The van der Waals surface area contributed by atoms with E-state index in [1.165, 1.54) is 16.3 Å². The molecule has 140 valence electrons. The van der Waals surface area contributed by atoms with Crippen LogP contribution in [-0.2, 0) is 6.42 Å². The number of hydrogen-bond acceptors (Lipinski definition) is 2. The molecule has 1 aliphatic heterocycles. The van der Waals surface area contributed by atoms with E-state index in [1.54, 1.807) is 0 Å². The molecule has 1 aromatic rings. The zero-order valence-corrected chi connectivity index (χ0v) is 18.3. The van der Waals surface area contributed by atoms with Crippen LogP contribution in [0.25, 0.3) is 0 Å². The Morgan fingerprint density at radius 2 is 1.92 bits per heavy atom. The van der Waals surface area contributed by atoms with Gasteiger partial charge in [0, 0.05) is 12.6 Å². The second-order valence-electron chi connectivity index (χ2n) is 8.54. The maximum Gasteiger partial charge on any atom is 0.0739 e. The van der Waals surface area contributed by atoms with Crippen molar-refractivity contribution in [2.45, 2.75) is 52.4 Å². The molecule has 3 heteroatoms. The molecule has 2 unspecified atom stereocenters. The summed E-state index contributed by atoms with van der Waals surface area (Å²) in [5.41, 5.74) is 4.39. The number of allylic oxidation sites excluding steroid dienone is 2. The maximum absolute atomic E-state index is 4.92. The lowest BCUT2D eigenvalue weighted by Crippen LogP contribution is -2.36. The molecule has 2 rings (SSSR count). The quantitative estimate of drug-likeness (QED) is 0.611. The minimum atomic E-state index is -1.30. The van der Waals surface area contributed by atoms with Gasteiger partial charge in [-0.15, -0.1) is 0 Å². The van der Waals surface area contributed by atoms with Crippen molar-refractivity contribution in [2.24, 2.45) is 10.9 Å². The first kappa shape index (κ1) is 20.4. The van der Waals surface area contributed by atoms with Crippen LogP contribution in [0.1, 0.15) is 31.4 Å². The molecule has 0 aromatic heterocycles. The summed E-state index contributed by atoms with van der Waals surface area (Å²) in [5.74, 6) is 0.471. The van der Waals surface area contributed by atoms with Crippen molar-refractivity contribution in [2.75, 3.05) is 7.05 Å². The summed E-state index contributed by atoms with van der Waals surface area (Å²) < 4.78 is 0. The zero-order chi connectivity index (χ0) is 19.5. The molecule has 0 amide bonds. The fraction of sp³-hybridized carbons (Fsp3) is 0.435. The van der Waals surface area contributed by atoms with Gasteiger partial charge in [0.15, 0.2) is 0 Å². The fourth-order valence-electron chi connectivity index (χ4n) is 3.51. The number of aryl methyl sites for hydroxylation is 1. The topological polar surface area (TPSA) is 15.6 Å². The number of likely N-dealkylation sites (N-methyl/N-ethyl adjacent to an activating group) is 1. The van der Waals surface area contributed by atoms with Gasteiger partial charge in [-0.1, -0.05) is 69.2 Å². The zero-order valence-electron chi connectivity index (χ0n) is 17.3. The van der Waals surface area contributed by atoms with Crippen molar-refractivity contribution in [3.63, 3.8) is 0 Å². The average Bonchev–Trinajstić information content (AvgIpc) is 2.61. The molecule has 0 fully saturated rings. The second-order valence-corrected chi connectivity index (χ2v) is 13.8. The van der Waals surface area contributed by atoms with Gasteiger partial charge in [0.2, 0.25) is 0 Å². The summed E-state index contributed by atoms with van der Waals surface area (Å²) in [5, 5.41) is 1.50. The van der Waals surface area contributed by atoms with Crippen LogP contribution in [-0.4, -0.2) is 31.8 Å². The highest BCUT2D eigenvalue weighted by Gasteiger charge is 2.26. The van der Waals surface area contributed by atoms with Gasteiger partial charge >= 0.3 is 0 Å². The lowest BCUT2D eigenvalue weighted by Gasteiger charge is -2.33. The average molecular weight is 367 g/mol. The van der Waals surface area contributed by atoms with Crippen molar-refractivity contribution in [3.8, 4) is 0 Å². The van der Waals surface area contributed by atoms with Crippen LogP contribution in [0.3, 0.4) is 0 Å². The Morgan fingerprint density at radius 3 is 2.54 bits per heavy atom. The summed E-state index contributed by atoms with van der Waals surface area (Å²) >= 11 is 0. The van der Waals surface area contributed by atoms with Gasteiger partial charge in [0.1, 0.15) is 0 Å². The standard InChI is InChI=1S/C23H34N2Si/c1-9-22-21-13-11-10-12-20(21)15-14-17(2)23(19(4)24-22)25(5)16-18(3)26(6,7)8/h9-13,16-17,23H,1,4,14-15H2,2-3,5-8H3/b18-16+,24-22-. The van der Waals surface area contributed by atoms with Gasteiger partial charge in [0.25, 0.3) is 0 Å². The Hall–Kier alpha value is -1.87. The first-order valence-corrected chi connectivity index (χ1v) is 13.0. The number of aliphatic imine (C=N–C) groups is 1. The third kappa shape index (κ3) is 4.64. The van der Waals surface area contributed by atoms with E-state index in [0.29, 0.717) is 5.92 Å². The molecule has 0 saturated carbocycles. The molecule has 1 heterocycles. The molecular formula is C23H34N2Si. The van der Waals surface area contributed by atoms with E-state index in [2.05, 4.69) is 89.1 Å². The molecule has 0 spiro atoms. The predicted molar refractivity (Wildman–Crippen MR) is 118 cm³/mol. The van der Waals surface area contributed by atoms with Crippen LogP contribution in [0, 0.1) is 5.92 Å². The Balaban J connectivity index is 2.44. The maximum atomic E-state index is 4.92. The highest BCUT2D eigenvalue weighted by atomic mass is 28.3. The summed E-state index contributed by atoms with van der Waals surface area (Å²) in [6.45, 7) is 20.1. The lowest BCUT2D eigenvalue weighted by atomic mass is 9.91. The van der Waals surface area contributed by atoms with E-state index in [4.69, 9.17) is 4.99 Å². The number of benzene rings is 1. The molecule has 0 radical (unpaired) electrons. The van der Waals surface area contributed by atoms with E-state index in [0.717, 1.165) is 24.3 Å². The minimum Gasteiger partial charge on any atom is -0.372 e. The molecule has 0 N–H and O–H groups in total. The van der Waals surface area contributed by atoms with Gasteiger partial charge in [0.05, 0.1) is 25.5 Å². The van der Waals surface area contributed by atoms with Crippen LogP contribution in [0.15, 0.2) is 65.6 Å². The van der Waals surface area contributed by atoms with E-state index in [-0.39, 0.29) is 6.04 Å². The van der Waals surface area contributed by atoms with E-state index < -0.39 is 8.07 Å². The lowest BCUT2D eigenvalue weighted by molar-refractivity contribution is 0.270. The van der Waals surface area contributed by atoms with Crippen LogP contribution in [0.2, 0.25) is 19.6 Å². The van der Waals surface area contributed by atoms with E-state index in [1.807, 2.05) is 6.08 Å². The smallest absolute Gasteiger partial charge is 0.0739 e. The van der Waals surface area contributed by atoms with Crippen LogP contribution < -0.4 is 0 Å². The molecule has 2 nitrogen and oxygen atoms in total. The van der Waals surface area contributed by atoms with E-state index >= 15 is 0 Å². The second kappa shape index (κ2) is 8.21. The van der Waals surface area contributed by atoms with Crippen LogP contribution >= 0.6 is 0 Å². The SMILES string of the molecule is C=C/C1=N/C(=C)C(N(C)/C=C(\C)[Si](C)(C)C)C(C)CCc2ccccc21. The number of nitrogens with zero attached hydrogens (tertiary/aromatic N) is 2. The largest absolute Gasteiger partial charge is 0.372 e. The van der Waals surface area contributed by atoms with Crippen molar-refractivity contribution >= 4 is 13.8 Å². The molecule has 1 aliphatic rings. The van der Waals surface area contributed by atoms with Crippen molar-refractivity contribution in [1.82, 2.24) is 4.90 Å². The molecular weight excluding hydrogens is 332 g/mol. The number of rotatable bonds is 4. The van der Waals surface area contributed by atoms with E-state index in [9.17, 15) is 0 Å². The summed E-state index contributed by atoms with van der Waals surface area (Å²) in [7, 11) is 0.873. The third-order valence-electron chi connectivity index (χ3n) is 5.52. The fourth-order valence-corrected chi connectivity index (χ4v) is 4.10. The van der Waals surface area contributed by atoms with Crippen LogP contribution in [0.4, 0.5) is 0 Å².